The van der Waals surface area contributed by atoms with E-state index in [-0.39, 0.29) is 81.9 Å². The van der Waals surface area contributed by atoms with Crippen LogP contribution in [-0.2, 0) is 0 Å². The first-order chi connectivity index (χ1) is 4.41. The molecule has 0 aliphatic carbocycles. The minimum Gasteiger partial charge on any atom is -1.00 e. The summed E-state index contributed by atoms with van der Waals surface area (Å²) in [6.45, 7) is 0. The Hall–Kier alpha value is 0.990. The molecule has 8 heteroatoms. The predicted octanol–water partition coefficient (Wildman–Crippen LogP) is 0.0738. The standard InChI is InChI=1S/C5H5N.3BrH.HNO2.Na.H/c1-2-4-6-5-3-1;;;;2-1-3;;/h1-5H;3*1H;(H,2,3);;/q;;;;;+1;-1. The van der Waals surface area contributed by atoms with Gasteiger partial charge in [0.05, 0.1) is 0 Å². The molecule has 13 heavy (non-hydrogen) atoms. The van der Waals surface area contributed by atoms with Crippen LogP contribution in [0.4, 0.5) is 0 Å². The van der Waals surface area contributed by atoms with E-state index in [1.807, 2.05) is 18.2 Å². The predicted molar refractivity (Wildman–Crippen MR) is 63.9 cm³/mol. The van der Waals surface area contributed by atoms with Crippen molar-refractivity contribution >= 4 is 50.9 Å². The molecule has 0 aromatic carbocycles. The van der Waals surface area contributed by atoms with Crippen molar-refractivity contribution in [2.75, 3.05) is 0 Å². The van der Waals surface area contributed by atoms with Crippen molar-refractivity contribution in [2.24, 2.45) is 5.34 Å². The van der Waals surface area contributed by atoms with E-state index in [2.05, 4.69) is 4.98 Å². The second-order valence-electron chi connectivity index (χ2n) is 1.11. The fourth-order valence-electron chi connectivity index (χ4n) is 0.313. The average Bonchev–Trinajstić information content (AvgIpc) is 1.93. The summed E-state index contributed by atoms with van der Waals surface area (Å²) in [6, 6.07) is 5.72. The molecule has 0 unspecified atom stereocenters. The minimum absolute atomic E-state index is 0. The van der Waals surface area contributed by atoms with Gasteiger partial charge in [-0.1, -0.05) is 6.07 Å². The fourth-order valence-corrected chi connectivity index (χ4v) is 0.313. The molecular formula is C5H10Br3N2NaO2. The summed E-state index contributed by atoms with van der Waals surface area (Å²) in [5, 5.41) is 7.89. The van der Waals surface area contributed by atoms with Crippen molar-refractivity contribution in [2.45, 2.75) is 0 Å². The van der Waals surface area contributed by atoms with Gasteiger partial charge >= 0.3 is 29.6 Å². The molecule has 4 nitrogen and oxygen atoms in total. The van der Waals surface area contributed by atoms with Crippen LogP contribution in [-0.4, -0.2) is 10.2 Å². The number of pyridine rings is 1. The summed E-state index contributed by atoms with van der Waals surface area (Å²) in [6.07, 6.45) is 3.50. The normalized spacial score (nSPS) is 4.62. The molecule has 0 amide bonds. The third-order valence-electron chi connectivity index (χ3n) is 0.566. The van der Waals surface area contributed by atoms with E-state index in [9.17, 15) is 0 Å². The number of halogens is 3. The van der Waals surface area contributed by atoms with Crippen LogP contribution in [0.15, 0.2) is 35.9 Å². The van der Waals surface area contributed by atoms with Crippen molar-refractivity contribution in [1.29, 1.82) is 0 Å². The van der Waals surface area contributed by atoms with Gasteiger partial charge in [-0.2, -0.15) is 0 Å². The summed E-state index contributed by atoms with van der Waals surface area (Å²) < 4.78 is 0. The molecule has 0 spiro atoms. The maximum atomic E-state index is 8.11. The molecule has 0 fully saturated rings. The quantitative estimate of drug-likeness (QED) is 0.386. The van der Waals surface area contributed by atoms with Crippen LogP contribution in [0.3, 0.4) is 0 Å². The summed E-state index contributed by atoms with van der Waals surface area (Å²) in [7, 11) is 0. The van der Waals surface area contributed by atoms with Crippen LogP contribution in [0.1, 0.15) is 1.43 Å². The van der Waals surface area contributed by atoms with Crippen LogP contribution in [0.25, 0.3) is 0 Å². The minimum atomic E-state index is 0. The van der Waals surface area contributed by atoms with Gasteiger partial charge in [0, 0.05) is 12.4 Å². The Morgan fingerprint density at radius 3 is 1.46 bits per heavy atom. The zero-order valence-corrected chi connectivity index (χ0v) is 14.0. The van der Waals surface area contributed by atoms with Crippen molar-refractivity contribution in [1.82, 2.24) is 4.98 Å². The Bertz CT molecular complexity index is 136. The van der Waals surface area contributed by atoms with Crippen molar-refractivity contribution in [3.05, 3.63) is 35.5 Å². The molecule has 0 atom stereocenters. The number of hydrogen-bond acceptors (Lipinski definition) is 3. The van der Waals surface area contributed by atoms with E-state index in [4.69, 9.17) is 10.1 Å². The van der Waals surface area contributed by atoms with E-state index in [1.165, 1.54) is 5.34 Å². The molecule has 0 saturated carbocycles. The van der Waals surface area contributed by atoms with Crippen LogP contribution in [0.2, 0.25) is 0 Å². The summed E-state index contributed by atoms with van der Waals surface area (Å²) >= 11 is 0. The summed E-state index contributed by atoms with van der Waals surface area (Å²) in [5.74, 6) is 0. The van der Waals surface area contributed by atoms with Gasteiger partial charge in [-0.05, 0) is 12.1 Å². The molecule has 0 aliphatic heterocycles. The number of aromatic nitrogens is 1. The number of rotatable bonds is 0. The van der Waals surface area contributed by atoms with Gasteiger partial charge in [-0.15, -0.1) is 55.9 Å². The molecule has 1 N–H and O–H groups in total. The zero-order valence-electron chi connectivity index (χ0n) is 7.86. The van der Waals surface area contributed by atoms with Crippen molar-refractivity contribution < 1.29 is 36.2 Å². The first-order valence-electron chi connectivity index (χ1n) is 2.23. The van der Waals surface area contributed by atoms with E-state index in [1.54, 1.807) is 12.4 Å². The Morgan fingerprint density at radius 1 is 1.08 bits per heavy atom. The molecule has 0 bridgehead atoms. The van der Waals surface area contributed by atoms with Crippen molar-refractivity contribution in [3.63, 3.8) is 0 Å². The molecule has 1 aromatic heterocycles. The smallest absolute Gasteiger partial charge is 1.00 e. The number of hydrogen-bond donors (Lipinski definition) is 1. The molecule has 0 saturated heterocycles. The molecule has 1 rings (SSSR count). The van der Waals surface area contributed by atoms with Crippen LogP contribution in [0.5, 0.6) is 0 Å². The van der Waals surface area contributed by atoms with Gasteiger partial charge in [0.25, 0.3) is 0 Å². The monoisotopic (exact) mass is 390 g/mol. The van der Waals surface area contributed by atoms with E-state index >= 15 is 0 Å². The Kier molecular flexibility index (Phi) is 65.7. The maximum absolute atomic E-state index is 8.11. The van der Waals surface area contributed by atoms with Gasteiger partial charge in [0.1, 0.15) is 0 Å². The second kappa shape index (κ2) is 29.3. The SMILES string of the molecule is Br.Br.Br.O=NO.[H-].[Na+].c1ccncc1. The number of nitrogens with zero attached hydrogens (tertiary/aromatic N) is 2. The van der Waals surface area contributed by atoms with Crippen LogP contribution < -0.4 is 29.6 Å². The van der Waals surface area contributed by atoms with Gasteiger partial charge in [-0.25, -0.2) is 0 Å². The molecule has 0 radical (unpaired) electrons. The van der Waals surface area contributed by atoms with E-state index < -0.39 is 0 Å². The van der Waals surface area contributed by atoms with Gasteiger partial charge in [0.2, 0.25) is 0 Å². The molecule has 0 aliphatic rings. The third kappa shape index (κ3) is 32.1. The maximum Gasteiger partial charge on any atom is 1.00 e. The molecule has 1 aromatic rings. The Labute approximate surface area is 132 Å². The second-order valence-corrected chi connectivity index (χ2v) is 1.11. The van der Waals surface area contributed by atoms with E-state index in [0.717, 1.165) is 0 Å². The average molecular weight is 393 g/mol. The summed E-state index contributed by atoms with van der Waals surface area (Å²) in [4.78, 5) is 11.9. The van der Waals surface area contributed by atoms with Gasteiger partial charge < -0.3 is 6.63 Å². The molecular weight excluding hydrogens is 383 g/mol. The van der Waals surface area contributed by atoms with Gasteiger partial charge in [-0.3, -0.25) is 4.98 Å². The Morgan fingerprint density at radius 2 is 1.38 bits per heavy atom. The van der Waals surface area contributed by atoms with Crippen LogP contribution >= 0.6 is 50.9 Å². The van der Waals surface area contributed by atoms with Crippen molar-refractivity contribution in [3.8, 4) is 0 Å². The first kappa shape index (κ1) is 29.2. The third-order valence-corrected chi connectivity index (χ3v) is 0.566. The molecule has 1 heterocycles. The summed E-state index contributed by atoms with van der Waals surface area (Å²) in [5.41, 5.74) is 0. The van der Waals surface area contributed by atoms with Gasteiger partial charge in [0.15, 0.2) is 5.34 Å². The first-order valence-corrected chi connectivity index (χ1v) is 2.23. The van der Waals surface area contributed by atoms with E-state index in [0.29, 0.717) is 0 Å². The molecule has 74 valence electrons. The largest absolute Gasteiger partial charge is 1.00 e. The zero-order chi connectivity index (χ0) is 6.95. The fraction of sp³-hybridized carbons (Fsp3) is 0. The van der Waals surface area contributed by atoms with Crippen LogP contribution in [0, 0.1) is 4.91 Å². The topological polar surface area (TPSA) is 62.5 Å². The Balaban J connectivity index is -0.0000000186.